The van der Waals surface area contributed by atoms with Crippen LogP contribution in [-0.2, 0) is 9.53 Å². The van der Waals surface area contributed by atoms with Crippen LogP contribution in [0.3, 0.4) is 0 Å². The maximum Gasteiger partial charge on any atom is 0.325 e. The van der Waals surface area contributed by atoms with E-state index in [4.69, 9.17) is 16.3 Å². The summed E-state index contributed by atoms with van der Waals surface area (Å²) in [5, 5.41) is 7.47. The molecule has 0 N–H and O–H groups in total. The standard InChI is InChI=1S/C11H14ClN3O3/c1-3-15(7-10(16)18-4-2)11(17)8-5-6-9(12)14-13-8/h5-6H,3-4,7H2,1-2H3. The minimum atomic E-state index is -0.449. The lowest BCUT2D eigenvalue weighted by Gasteiger charge is -2.18. The van der Waals surface area contributed by atoms with E-state index in [1.807, 2.05) is 0 Å². The summed E-state index contributed by atoms with van der Waals surface area (Å²) in [5.41, 5.74) is 0.144. The summed E-state index contributed by atoms with van der Waals surface area (Å²) in [6.07, 6.45) is 0. The van der Waals surface area contributed by atoms with Gasteiger partial charge in [0.05, 0.1) is 6.61 Å². The van der Waals surface area contributed by atoms with Gasteiger partial charge in [0.2, 0.25) is 0 Å². The largest absolute Gasteiger partial charge is 0.465 e. The molecule has 7 heteroatoms. The Morgan fingerprint density at radius 3 is 2.56 bits per heavy atom. The number of carbonyl (C=O) groups is 2. The molecule has 0 aromatic carbocycles. The molecule has 0 unspecified atom stereocenters. The van der Waals surface area contributed by atoms with Crippen molar-refractivity contribution in [2.45, 2.75) is 13.8 Å². The fourth-order valence-electron chi connectivity index (χ4n) is 1.28. The highest BCUT2D eigenvalue weighted by atomic mass is 35.5. The molecule has 0 radical (unpaired) electrons. The smallest absolute Gasteiger partial charge is 0.325 e. The molecule has 1 amide bonds. The summed E-state index contributed by atoms with van der Waals surface area (Å²) in [6.45, 7) is 4.03. The molecular formula is C11H14ClN3O3. The van der Waals surface area contributed by atoms with E-state index in [1.54, 1.807) is 13.8 Å². The normalized spacial score (nSPS) is 9.94. The predicted molar refractivity (Wildman–Crippen MR) is 65.3 cm³/mol. The molecule has 1 heterocycles. The third-order valence-corrected chi connectivity index (χ3v) is 2.35. The van der Waals surface area contributed by atoms with E-state index >= 15 is 0 Å². The molecular weight excluding hydrogens is 258 g/mol. The number of halogens is 1. The topological polar surface area (TPSA) is 72.4 Å². The van der Waals surface area contributed by atoms with E-state index in [-0.39, 0.29) is 29.9 Å². The Morgan fingerprint density at radius 1 is 1.33 bits per heavy atom. The van der Waals surface area contributed by atoms with Crippen LogP contribution in [0.4, 0.5) is 0 Å². The number of esters is 1. The van der Waals surface area contributed by atoms with Crippen molar-refractivity contribution in [3.63, 3.8) is 0 Å². The molecule has 98 valence electrons. The quantitative estimate of drug-likeness (QED) is 0.752. The predicted octanol–water partition coefficient (Wildman–Crippen LogP) is 1.16. The summed E-state index contributed by atoms with van der Waals surface area (Å²) < 4.78 is 4.79. The molecule has 0 spiro atoms. The molecule has 0 atom stereocenters. The van der Waals surface area contributed by atoms with Gasteiger partial charge in [-0.3, -0.25) is 9.59 Å². The van der Waals surface area contributed by atoms with Crippen molar-refractivity contribution in [1.82, 2.24) is 15.1 Å². The van der Waals surface area contributed by atoms with Crippen molar-refractivity contribution >= 4 is 23.5 Å². The zero-order valence-corrected chi connectivity index (χ0v) is 11.0. The third-order valence-electron chi connectivity index (χ3n) is 2.15. The van der Waals surface area contributed by atoms with Crippen molar-refractivity contribution in [3.8, 4) is 0 Å². The van der Waals surface area contributed by atoms with Crippen molar-refractivity contribution < 1.29 is 14.3 Å². The van der Waals surface area contributed by atoms with Crippen LogP contribution in [0.15, 0.2) is 12.1 Å². The van der Waals surface area contributed by atoms with Crippen molar-refractivity contribution in [2.75, 3.05) is 19.7 Å². The molecule has 0 bridgehead atoms. The Morgan fingerprint density at radius 2 is 2.06 bits per heavy atom. The van der Waals surface area contributed by atoms with E-state index in [0.717, 1.165) is 0 Å². The number of hydrogen-bond donors (Lipinski definition) is 0. The van der Waals surface area contributed by atoms with Gasteiger partial charge in [0, 0.05) is 6.54 Å². The van der Waals surface area contributed by atoms with Crippen molar-refractivity contribution in [1.29, 1.82) is 0 Å². The van der Waals surface area contributed by atoms with E-state index in [9.17, 15) is 9.59 Å². The molecule has 0 saturated carbocycles. The maximum absolute atomic E-state index is 12.0. The van der Waals surface area contributed by atoms with Gasteiger partial charge in [-0.1, -0.05) is 11.6 Å². The first-order valence-corrected chi connectivity index (χ1v) is 5.90. The van der Waals surface area contributed by atoms with Gasteiger partial charge < -0.3 is 9.64 Å². The summed E-state index contributed by atoms with van der Waals surface area (Å²) in [7, 11) is 0. The van der Waals surface area contributed by atoms with Crippen LogP contribution < -0.4 is 0 Å². The second kappa shape index (κ2) is 6.90. The molecule has 0 aliphatic heterocycles. The fraction of sp³-hybridized carbons (Fsp3) is 0.455. The Bertz CT molecular complexity index is 422. The first-order valence-electron chi connectivity index (χ1n) is 5.52. The number of nitrogens with zero attached hydrogens (tertiary/aromatic N) is 3. The Balaban J connectivity index is 2.73. The molecule has 0 aliphatic carbocycles. The van der Waals surface area contributed by atoms with Crippen LogP contribution in [0.2, 0.25) is 5.15 Å². The molecule has 0 fully saturated rings. The number of rotatable bonds is 5. The lowest BCUT2D eigenvalue weighted by Crippen LogP contribution is -2.36. The molecule has 1 aromatic heterocycles. The Labute approximate surface area is 110 Å². The Hall–Kier alpha value is -1.69. The van der Waals surface area contributed by atoms with Crippen LogP contribution in [0, 0.1) is 0 Å². The van der Waals surface area contributed by atoms with Gasteiger partial charge in [-0.25, -0.2) is 0 Å². The van der Waals surface area contributed by atoms with E-state index in [2.05, 4.69) is 10.2 Å². The highest BCUT2D eigenvalue weighted by Crippen LogP contribution is 2.05. The average molecular weight is 272 g/mol. The number of amides is 1. The van der Waals surface area contributed by atoms with Crippen LogP contribution in [0.25, 0.3) is 0 Å². The molecule has 18 heavy (non-hydrogen) atoms. The molecule has 0 saturated heterocycles. The number of hydrogen-bond acceptors (Lipinski definition) is 5. The van der Waals surface area contributed by atoms with Gasteiger partial charge in [0.25, 0.3) is 5.91 Å². The first-order chi connectivity index (χ1) is 8.58. The first kappa shape index (κ1) is 14.4. The van der Waals surface area contributed by atoms with Gasteiger partial charge in [0.1, 0.15) is 6.54 Å². The van der Waals surface area contributed by atoms with Gasteiger partial charge in [-0.2, -0.15) is 0 Å². The van der Waals surface area contributed by atoms with Gasteiger partial charge >= 0.3 is 5.97 Å². The van der Waals surface area contributed by atoms with Crippen LogP contribution in [0.5, 0.6) is 0 Å². The van der Waals surface area contributed by atoms with Gasteiger partial charge in [-0.05, 0) is 26.0 Å². The zero-order valence-electron chi connectivity index (χ0n) is 10.2. The van der Waals surface area contributed by atoms with Crippen molar-refractivity contribution in [3.05, 3.63) is 23.0 Å². The Kier molecular flexibility index (Phi) is 5.51. The van der Waals surface area contributed by atoms with E-state index in [1.165, 1.54) is 17.0 Å². The van der Waals surface area contributed by atoms with Crippen molar-refractivity contribution in [2.24, 2.45) is 0 Å². The summed E-state index contributed by atoms with van der Waals surface area (Å²) in [4.78, 5) is 24.7. The number of likely N-dealkylation sites (N-methyl/N-ethyl adjacent to an activating group) is 1. The van der Waals surface area contributed by atoms with E-state index < -0.39 is 5.97 Å². The maximum atomic E-state index is 12.0. The third kappa shape index (κ3) is 3.96. The van der Waals surface area contributed by atoms with Gasteiger partial charge in [0.15, 0.2) is 10.8 Å². The summed E-state index contributed by atoms with van der Waals surface area (Å²) in [6, 6.07) is 2.94. The number of carbonyl (C=O) groups excluding carboxylic acids is 2. The van der Waals surface area contributed by atoms with Gasteiger partial charge in [-0.15, -0.1) is 10.2 Å². The monoisotopic (exact) mass is 271 g/mol. The van der Waals surface area contributed by atoms with Crippen LogP contribution in [-0.4, -0.2) is 46.7 Å². The van der Waals surface area contributed by atoms with E-state index in [0.29, 0.717) is 6.54 Å². The molecule has 6 nitrogen and oxygen atoms in total. The fourth-order valence-corrected chi connectivity index (χ4v) is 1.38. The molecule has 0 aliphatic rings. The number of ether oxygens (including phenoxy) is 1. The van der Waals surface area contributed by atoms with Crippen LogP contribution in [0.1, 0.15) is 24.3 Å². The SMILES string of the molecule is CCOC(=O)CN(CC)C(=O)c1ccc(Cl)nn1. The minimum absolute atomic E-state index is 0.104. The molecule has 1 rings (SSSR count). The highest BCUT2D eigenvalue weighted by Gasteiger charge is 2.19. The average Bonchev–Trinajstić information content (AvgIpc) is 2.36. The lowest BCUT2D eigenvalue weighted by atomic mass is 10.3. The second-order valence-corrected chi connectivity index (χ2v) is 3.75. The minimum Gasteiger partial charge on any atom is -0.465 e. The highest BCUT2D eigenvalue weighted by molar-refractivity contribution is 6.29. The summed E-state index contributed by atoms with van der Waals surface area (Å²) >= 11 is 5.58. The molecule has 1 aromatic rings. The zero-order chi connectivity index (χ0) is 13.5. The van der Waals surface area contributed by atoms with Crippen LogP contribution >= 0.6 is 11.6 Å². The second-order valence-electron chi connectivity index (χ2n) is 3.37. The number of aromatic nitrogens is 2. The summed E-state index contributed by atoms with van der Waals surface area (Å²) in [5.74, 6) is -0.829. The lowest BCUT2D eigenvalue weighted by molar-refractivity contribution is -0.143.